The molecule has 1 saturated carbocycles. The van der Waals surface area contributed by atoms with Crippen LogP contribution in [0.4, 0.5) is 0 Å². The molecular weight excluding hydrogens is 360 g/mol. The molecule has 4 rings (SSSR count). The summed E-state index contributed by atoms with van der Waals surface area (Å²) in [6.45, 7) is 2.23. The van der Waals surface area contributed by atoms with Crippen molar-refractivity contribution < 1.29 is 23.9 Å². The molecule has 2 aromatic rings. The summed E-state index contributed by atoms with van der Waals surface area (Å²) in [5.41, 5.74) is 1.23. The van der Waals surface area contributed by atoms with Crippen LogP contribution in [0.3, 0.4) is 0 Å². The Hall–Kier alpha value is -3.09. The Morgan fingerprint density at radius 2 is 2.04 bits per heavy atom. The summed E-state index contributed by atoms with van der Waals surface area (Å²) in [4.78, 5) is 38.0. The van der Waals surface area contributed by atoms with Gasteiger partial charge in [0.25, 0.3) is 5.91 Å². The highest BCUT2D eigenvalue weighted by molar-refractivity contribution is 5.97. The molecule has 2 heterocycles. The smallest absolute Gasteiger partial charge is 0.339 e. The van der Waals surface area contributed by atoms with Gasteiger partial charge in [0, 0.05) is 37.4 Å². The van der Waals surface area contributed by atoms with Gasteiger partial charge in [-0.15, -0.1) is 0 Å². The molecule has 1 saturated heterocycles. The molecule has 7 nitrogen and oxygen atoms in total. The molecule has 3 unspecified atom stereocenters. The zero-order valence-electron chi connectivity index (χ0n) is 15.6. The Labute approximate surface area is 162 Å². The van der Waals surface area contributed by atoms with E-state index in [-0.39, 0.29) is 41.5 Å². The highest BCUT2D eigenvalue weighted by atomic mass is 16.4. The lowest BCUT2D eigenvalue weighted by Crippen LogP contribution is -2.37. The highest BCUT2D eigenvalue weighted by Crippen LogP contribution is 2.45. The van der Waals surface area contributed by atoms with E-state index in [1.807, 2.05) is 23.1 Å². The van der Waals surface area contributed by atoms with E-state index >= 15 is 0 Å². The summed E-state index contributed by atoms with van der Waals surface area (Å²) in [5, 5.41) is 12.0. The van der Waals surface area contributed by atoms with Gasteiger partial charge in [0.1, 0.15) is 11.3 Å². The molecule has 0 radical (unpaired) electrons. The van der Waals surface area contributed by atoms with Crippen LogP contribution < -0.4 is 5.32 Å². The van der Waals surface area contributed by atoms with Gasteiger partial charge in [0.05, 0.1) is 6.04 Å². The first-order valence-electron chi connectivity index (χ1n) is 9.49. The van der Waals surface area contributed by atoms with Gasteiger partial charge >= 0.3 is 5.97 Å². The second-order valence-electron chi connectivity index (χ2n) is 7.35. The molecule has 0 spiro atoms. The summed E-state index contributed by atoms with van der Waals surface area (Å²) >= 11 is 0. The number of amides is 2. The minimum Gasteiger partial charge on any atom is -0.478 e. The van der Waals surface area contributed by atoms with E-state index in [1.165, 1.54) is 11.6 Å². The lowest BCUT2D eigenvalue weighted by atomic mass is 10.1. The number of rotatable bonds is 6. The maximum absolute atomic E-state index is 12.5. The van der Waals surface area contributed by atoms with Crippen molar-refractivity contribution in [1.82, 2.24) is 10.2 Å². The van der Waals surface area contributed by atoms with Crippen LogP contribution in [0.1, 0.15) is 57.9 Å². The Kier molecular flexibility index (Phi) is 4.66. The fourth-order valence-corrected chi connectivity index (χ4v) is 3.97. The van der Waals surface area contributed by atoms with Crippen LogP contribution in [0.15, 0.2) is 40.8 Å². The number of nitrogens with one attached hydrogen (secondary N) is 1. The largest absolute Gasteiger partial charge is 0.478 e. The minimum absolute atomic E-state index is 0.000424. The van der Waals surface area contributed by atoms with E-state index in [1.54, 1.807) is 6.92 Å². The van der Waals surface area contributed by atoms with E-state index in [2.05, 4.69) is 17.4 Å². The SMILES string of the molecule is CCc1oc(C(=O)NC2CC(=O)N(C3CC3c3ccccc3)C2)cc1C(=O)O. The van der Waals surface area contributed by atoms with Crippen molar-refractivity contribution in [3.05, 3.63) is 59.0 Å². The summed E-state index contributed by atoms with van der Waals surface area (Å²) < 4.78 is 5.39. The molecule has 28 heavy (non-hydrogen) atoms. The number of carboxylic acid groups (broad SMARTS) is 1. The zero-order valence-corrected chi connectivity index (χ0v) is 15.6. The Bertz CT molecular complexity index is 920. The van der Waals surface area contributed by atoms with E-state index in [0.29, 0.717) is 18.9 Å². The summed E-state index contributed by atoms with van der Waals surface area (Å²) in [5.74, 6) is -0.984. The van der Waals surface area contributed by atoms with Gasteiger partial charge in [-0.05, 0) is 12.0 Å². The second kappa shape index (κ2) is 7.14. The van der Waals surface area contributed by atoms with Gasteiger partial charge in [0.15, 0.2) is 5.76 Å². The molecule has 2 aliphatic rings. The number of furan rings is 1. The molecule has 1 aliphatic carbocycles. The van der Waals surface area contributed by atoms with Gasteiger partial charge < -0.3 is 19.7 Å². The third kappa shape index (κ3) is 3.40. The Balaban J connectivity index is 1.39. The number of carboxylic acids is 1. The molecule has 7 heteroatoms. The number of hydrogen-bond acceptors (Lipinski definition) is 4. The van der Waals surface area contributed by atoms with Gasteiger partial charge in [-0.2, -0.15) is 0 Å². The molecular formula is C21H22N2O5. The van der Waals surface area contributed by atoms with Crippen LogP contribution in [-0.2, 0) is 11.2 Å². The van der Waals surface area contributed by atoms with Crippen molar-refractivity contribution >= 4 is 17.8 Å². The quantitative estimate of drug-likeness (QED) is 0.799. The summed E-state index contributed by atoms with van der Waals surface area (Å²) in [7, 11) is 0. The molecule has 2 N–H and O–H groups in total. The Morgan fingerprint density at radius 1 is 1.29 bits per heavy atom. The summed E-state index contributed by atoms with van der Waals surface area (Å²) in [6.07, 6.45) is 1.57. The van der Waals surface area contributed by atoms with Gasteiger partial charge in [-0.1, -0.05) is 37.3 Å². The normalized spacial score (nSPS) is 23.7. The fourth-order valence-electron chi connectivity index (χ4n) is 3.97. The van der Waals surface area contributed by atoms with Crippen molar-refractivity contribution in [1.29, 1.82) is 0 Å². The van der Waals surface area contributed by atoms with Gasteiger partial charge in [-0.25, -0.2) is 4.79 Å². The predicted molar refractivity (Wildman–Crippen MR) is 100 cm³/mol. The van der Waals surface area contributed by atoms with Gasteiger partial charge in [-0.3, -0.25) is 9.59 Å². The van der Waals surface area contributed by atoms with Gasteiger partial charge in [0.2, 0.25) is 5.91 Å². The first-order valence-corrected chi connectivity index (χ1v) is 9.49. The number of nitrogens with zero attached hydrogens (tertiary/aromatic N) is 1. The molecule has 146 valence electrons. The second-order valence-corrected chi connectivity index (χ2v) is 7.35. The van der Waals surface area contributed by atoms with Crippen molar-refractivity contribution in [3.8, 4) is 0 Å². The molecule has 1 aromatic heterocycles. The highest BCUT2D eigenvalue weighted by Gasteiger charge is 2.48. The average Bonchev–Trinajstić information content (AvgIpc) is 3.20. The van der Waals surface area contributed by atoms with Crippen LogP contribution in [-0.4, -0.2) is 46.4 Å². The maximum atomic E-state index is 12.5. The van der Waals surface area contributed by atoms with Crippen LogP contribution in [0.2, 0.25) is 0 Å². The van der Waals surface area contributed by atoms with E-state index in [9.17, 15) is 19.5 Å². The van der Waals surface area contributed by atoms with E-state index in [4.69, 9.17) is 4.42 Å². The van der Waals surface area contributed by atoms with Crippen LogP contribution in [0.25, 0.3) is 0 Å². The summed E-state index contributed by atoms with van der Waals surface area (Å²) in [6, 6.07) is 11.3. The minimum atomic E-state index is -1.12. The number of likely N-dealkylation sites (tertiary alicyclic amines) is 1. The van der Waals surface area contributed by atoms with Crippen molar-refractivity contribution in [3.63, 3.8) is 0 Å². The maximum Gasteiger partial charge on any atom is 0.339 e. The van der Waals surface area contributed by atoms with Crippen molar-refractivity contribution in [2.75, 3.05) is 6.54 Å². The molecule has 2 fully saturated rings. The molecule has 0 bridgehead atoms. The lowest BCUT2D eigenvalue weighted by molar-refractivity contribution is -0.128. The first-order chi connectivity index (χ1) is 13.5. The van der Waals surface area contributed by atoms with E-state index in [0.717, 1.165) is 6.42 Å². The zero-order chi connectivity index (χ0) is 19.8. The number of carbonyl (C=O) groups excluding carboxylic acids is 2. The van der Waals surface area contributed by atoms with Crippen LogP contribution >= 0.6 is 0 Å². The van der Waals surface area contributed by atoms with Crippen molar-refractivity contribution in [2.24, 2.45) is 0 Å². The van der Waals surface area contributed by atoms with Crippen LogP contribution in [0.5, 0.6) is 0 Å². The average molecular weight is 382 g/mol. The molecule has 1 aliphatic heterocycles. The first kappa shape index (κ1) is 18.3. The third-order valence-electron chi connectivity index (χ3n) is 5.46. The standard InChI is InChI=1S/C21H22N2O5/c1-2-17-15(21(26)27)10-18(28-17)20(25)22-13-8-19(24)23(11-13)16-9-14(16)12-6-4-3-5-7-12/h3-7,10,13-14,16H,2,8-9,11H2,1H3,(H,22,25)(H,26,27). The predicted octanol–water partition coefficient (Wildman–Crippen LogP) is 2.43. The monoisotopic (exact) mass is 382 g/mol. The van der Waals surface area contributed by atoms with Crippen LogP contribution in [0, 0.1) is 0 Å². The number of aryl methyl sites for hydroxylation is 1. The molecule has 1 aromatic carbocycles. The number of benzene rings is 1. The topological polar surface area (TPSA) is 99.9 Å². The molecule has 2 amide bonds. The Morgan fingerprint density at radius 3 is 2.68 bits per heavy atom. The number of carbonyl (C=O) groups is 3. The lowest BCUT2D eigenvalue weighted by Gasteiger charge is -2.17. The third-order valence-corrected chi connectivity index (χ3v) is 5.46. The number of hydrogen-bond donors (Lipinski definition) is 2. The van der Waals surface area contributed by atoms with E-state index < -0.39 is 11.9 Å². The van der Waals surface area contributed by atoms with Crippen molar-refractivity contribution in [2.45, 2.75) is 44.2 Å². The number of aromatic carboxylic acids is 1. The fraction of sp³-hybridized carbons (Fsp3) is 0.381. The molecule has 3 atom stereocenters.